The number of amides is 2. The van der Waals surface area contributed by atoms with Gasteiger partial charge in [-0.25, -0.2) is 4.39 Å². The number of benzene rings is 2. The highest BCUT2D eigenvalue weighted by Crippen LogP contribution is 2.13. The number of piperazine rings is 1. The molecule has 2 amide bonds. The molecular formula is C22H25FN2O3. The number of aryl methyl sites for hydroxylation is 2. The van der Waals surface area contributed by atoms with Crippen molar-refractivity contribution in [3.63, 3.8) is 0 Å². The maximum absolute atomic E-state index is 13.2. The van der Waals surface area contributed by atoms with E-state index in [1.807, 2.05) is 37.3 Å². The van der Waals surface area contributed by atoms with Gasteiger partial charge in [-0.1, -0.05) is 29.8 Å². The molecule has 0 aromatic heterocycles. The molecule has 0 bridgehead atoms. The Bertz CT molecular complexity index is 815. The number of carbonyl (C=O) groups is 2. The number of nitrogens with zero attached hydrogens (tertiary/aromatic N) is 2. The fourth-order valence-corrected chi connectivity index (χ4v) is 3.18. The van der Waals surface area contributed by atoms with Crippen molar-refractivity contribution < 1.29 is 18.7 Å². The normalized spacial score (nSPS) is 14.1. The van der Waals surface area contributed by atoms with E-state index in [0.29, 0.717) is 44.8 Å². The molecule has 1 aliphatic heterocycles. The third-order valence-electron chi connectivity index (χ3n) is 4.88. The lowest BCUT2D eigenvalue weighted by Crippen LogP contribution is -2.51. The van der Waals surface area contributed by atoms with E-state index in [4.69, 9.17) is 4.74 Å². The van der Waals surface area contributed by atoms with Crippen LogP contribution < -0.4 is 4.74 Å². The Kier molecular flexibility index (Phi) is 6.63. The zero-order valence-electron chi connectivity index (χ0n) is 16.1. The molecule has 3 rings (SSSR count). The molecule has 0 unspecified atom stereocenters. The standard InChI is InChI=1S/C22H25FN2O3/c1-17-5-8-20(9-6-17)28-16-22(27)25-13-11-24(12-14-25)21(26)10-7-18-3-2-4-19(23)15-18/h2-6,8-9,15H,7,10-14,16H2,1H3. The second kappa shape index (κ2) is 9.35. The first-order chi connectivity index (χ1) is 13.5. The van der Waals surface area contributed by atoms with Crippen molar-refractivity contribution in [3.05, 3.63) is 65.5 Å². The molecule has 2 aromatic rings. The summed E-state index contributed by atoms with van der Waals surface area (Å²) in [6.45, 7) is 4.02. The van der Waals surface area contributed by atoms with Crippen molar-refractivity contribution in [3.8, 4) is 5.75 Å². The smallest absolute Gasteiger partial charge is 0.260 e. The first kappa shape index (κ1) is 19.9. The second-order valence-corrected chi connectivity index (χ2v) is 6.99. The highest BCUT2D eigenvalue weighted by molar-refractivity contribution is 5.79. The Morgan fingerprint density at radius 3 is 2.25 bits per heavy atom. The minimum atomic E-state index is -0.287. The summed E-state index contributed by atoms with van der Waals surface area (Å²) < 4.78 is 18.8. The monoisotopic (exact) mass is 384 g/mol. The number of hydrogen-bond acceptors (Lipinski definition) is 3. The molecule has 6 heteroatoms. The fourth-order valence-electron chi connectivity index (χ4n) is 3.18. The number of rotatable bonds is 6. The summed E-state index contributed by atoms with van der Waals surface area (Å²) in [5.41, 5.74) is 1.95. The van der Waals surface area contributed by atoms with E-state index in [1.54, 1.807) is 15.9 Å². The molecule has 2 aromatic carbocycles. The van der Waals surface area contributed by atoms with Gasteiger partial charge >= 0.3 is 0 Å². The van der Waals surface area contributed by atoms with Gasteiger partial charge in [0.05, 0.1) is 0 Å². The molecule has 1 aliphatic rings. The van der Waals surface area contributed by atoms with Crippen LogP contribution >= 0.6 is 0 Å². The average Bonchev–Trinajstić information content (AvgIpc) is 2.71. The van der Waals surface area contributed by atoms with Crippen LogP contribution in [-0.4, -0.2) is 54.4 Å². The molecular weight excluding hydrogens is 359 g/mol. The van der Waals surface area contributed by atoms with Gasteiger partial charge in [-0.3, -0.25) is 9.59 Å². The van der Waals surface area contributed by atoms with Gasteiger partial charge in [0.25, 0.3) is 5.91 Å². The molecule has 0 atom stereocenters. The highest BCUT2D eigenvalue weighted by atomic mass is 19.1. The van der Waals surface area contributed by atoms with E-state index >= 15 is 0 Å². The van der Waals surface area contributed by atoms with Gasteiger partial charge in [-0.05, 0) is 43.2 Å². The molecule has 1 fully saturated rings. The van der Waals surface area contributed by atoms with Crippen LogP contribution in [0, 0.1) is 12.7 Å². The maximum Gasteiger partial charge on any atom is 0.260 e. The van der Waals surface area contributed by atoms with E-state index in [-0.39, 0.29) is 24.2 Å². The van der Waals surface area contributed by atoms with Crippen molar-refractivity contribution >= 4 is 11.8 Å². The van der Waals surface area contributed by atoms with Crippen LogP contribution in [0.4, 0.5) is 4.39 Å². The quantitative estimate of drug-likeness (QED) is 0.770. The lowest BCUT2D eigenvalue weighted by atomic mass is 10.1. The lowest BCUT2D eigenvalue weighted by molar-refractivity contribution is -0.140. The van der Waals surface area contributed by atoms with Crippen LogP contribution in [0.15, 0.2) is 48.5 Å². The largest absolute Gasteiger partial charge is 0.484 e. The molecule has 1 saturated heterocycles. The van der Waals surface area contributed by atoms with Crippen LogP contribution in [0.3, 0.4) is 0 Å². The molecule has 5 nitrogen and oxygen atoms in total. The molecule has 28 heavy (non-hydrogen) atoms. The van der Waals surface area contributed by atoms with E-state index in [0.717, 1.165) is 11.1 Å². The van der Waals surface area contributed by atoms with Gasteiger partial charge in [0.2, 0.25) is 5.91 Å². The van der Waals surface area contributed by atoms with Crippen molar-refractivity contribution in [2.45, 2.75) is 19.8 Å². The highest BCUT2D eigenvalue weighted by Gasteiger charge is 2.24. The van der Waals surface area contributed by atoms with E-state index in [9.17, 15) is 14.0 Å². The van der Waals surface area contributed by atoms with Gasteiger partial charge in [-0.15, -0.1) is 0 Å². The summed E-state index contributed by atoms with van der Waals surface area (Å²) in [7, 11) is 0. The van der Waals surface area contributed by atoms with E-state index in [1.165, 1.54) is 12.1 Å². The van der Waals surface area contributed by atoms with Crippen LogP contribution in [0.25, 0.3) is 0 Å². The van der Waals surface area contributed by atoms with Crippen LogP contribution in [0.2, 0.25) is 0 Å². The summed E-state index contributed by atoms with van der Waals surface area (Å²) in [4.78, 5) is 28.2. The summed E-state index contributed by atoms with van der Waals surface area (Å²) in [6.07, 6.45) is 0.855. The van der Waals surface area contributed by atoms with Gasteiger partial charge in [0, 0.05) is 32.6 Å². The first-order valence-electron chi connectivity index (χ1n) is 9.51. The number of halogens is 1. The minimum Gasteiger partial charge on any atom is -0.484 e. The zero-order chi connectivity index (χ0) is 19.9. The first-order valence-corrected chi connectivity index (χ1v) is 9.51. The van der Waals surface area contributed by atoms with Crippen LogP contribution in [-0.2, 0) is 16.0 Å². The summed E-state index contributed by atoms with van der Waals surface area (Å²) in [6, 6.07) is 13.9. The van der Waals surface area contributed by atoms with Gasteiger partial charge in [0.1, 0.15) is 11.6 Å². The van der Waals surface area contributed by atoms with E-state index < -0.39 is 0 Å². The van der Waals surface area contributed by atoms with E-state index in [2.05, 4.69) is 0 Å². The summed E-state index contributed by atoms with van der Waals surface area (Å²) in [5.74, 6) is 0.342. The SMILES string of the molecule is Cc1ccc(OCC(=O)N2CCN(C(=O)CCc3cccc(F)c3)CC2)cc1. The van der Waals surface area contributed by atoms with Crippen molar-refractivity contribution in [2.24, 2.45) is 0 Å². The minimum absolute atomic E-state index is 0.00339. The Balaban J connectivity index is 1.40. The van der Waals surface area contributed by atoms with Gasteiger partial charge in [-0.2, -0.15) is 0 Å². The molecule has 0 saturated carbocycles. The topological polar surface area (TPSA) is 49.9 Å². The van der Waals surface area contributed by atoms with Gasteiger partial charge in [0.15, 0.2) is 6.61 Å². The number of carbonyl (C=O) groups excluding carboxylic acids is 2. The van der Waals surface area contributed by atoms with Crippen LogP contribution in [0.5, 0.6) is 5.75 Å². The maximum atomic E-state index is 13.2. The average molecular weight is 384 g/mol. The molecule has 1 heterocycles. The Hall–Kier alpha value is -2.89. The Labute approximate surface area is 164 Å². The third kappa shape index (κ3) is 5.55. The molecule has 0 N–H and O–H groups in total. The number of ether oxygens (including phenoxy) is 1. The van der Waals surface area contributed by atoms with Crippen molar-refractivity contribution in [1.29, 1.82) is 0 Å². The number of hydrogen-bond donors (Lipinski definition) is 0. The Morgan fingerprint density at radius 2 is 1.61 bits per heavy atom. The second-order valence-electron chi connectivity index (χ2n) is 6.99. The predicted molar refractivity (Wildman–Crippen MR) is 105 cm³/mol. The predicted octanol–water partition coefficient (Wildman–Crippen LogP) is 2.82. The van der Waals surface area contributed by atoms with Crippen molar-refractivity contribution in [1.82, 2.24) is 9.80 Å². The summed E-state index contributed by atoms with van der Waals surface area (Å²) in [5, 5.41) is 0. The zero-order valence-corrected chi connectivity index (χ0v) is 16.1. The van der Waals surface area contributed by atoms with Crippen molar-refractivity contribution in [2.75, 3.05) is 32.8 Å². The van der Waals surface area contributed by atoms with Crippen LogP contribution in [0.1, 0.15) is 17.5 Å². The lowest BCUT2D eigenvalue weighted by Gasteiger charge is -2.34. The molecule has 148 valence electrons. The fraction of sp³-hybridized carbons (Fsp3) is 0.364. The third-order valence-corrected chi connectivity index (χ3v) is 4.88. The molecule has 0 aliphatic carbocycles. The molecule has 0 spiro atoms. The Morgan fingerprint density at radius 1 is 0.964 bits per heavy atom. The summed E-state index contributed by atoms with van der Waals surface area (Å²) >= 11 is 0. The molecule has 0 radical (unpaired) electrons. The van der Waals surface area contributed by atoms with Gasteiger partial charge < -0.3 is 14.5 Å².